The molecule has 94 valence electrons. The summed E-state index contributed by atoms with van der Waals surface area (Å²) in [6, 6.07) is 9.32. The molecule has 4 heteroatoms. The van der Waals surface area contributed by atoms with Gasteiger partial charge in [0, 0.05) is 13.0 Å². The lowest BCUT2D eigenvalue weighted by molar-refractivity contribution is -0.137. The minimum Gasteiger partial charge on any atom is -0.466 e. The molecule has 0 amide bonds. The smallest absolute Gasteiger partial charge is 0.330 e. The van der Waals surface area contributed by atoms with Crippen molar-refractivity contribution in [1.29, 1.82) is 0 Å². The van der Waals surface area contributed by atoms with E-state index in [2.05, 4.69) is 4.74 Å². The Bertz CT molecular complexity index is 472. The van der Waals surface area contributed by atoms with Crippen LogP contribution in [-0.4, -0.2) is 19.0 Å². The Morgan fingerprint density at radius 2 is 1.78 bits per heavy atom. The number of hydrogen-bond acceptors (Lipinski definition) is 4. The van der Waals surface area contributed by atoms with Crippen molar-refractivity contribution in [3.8, 4) is 0 Å². The van der Waals surface area contributed by atoms with Crippen LogP contribution in [0.1, 0.15) is 12.5 Å². The van der Waals surface area contributed by atoms with Gasteiger partial charge in [-0.25, -0.2) is 4.79 Å². The van der Waals surface area contributed by atoms with Gasteiger partial charge in [-0.2, -0.15) is 0 Å². The third kappa shape index (κ3) is 5.12. The molecule has 18 heavy (non-hydrogen) atoms. The highest BCUT2D eigenvalue weighted by molar-refractivity contribution is 5.83. The SMILES string of the molecule is COC(=O)/C=C/C(=C/c1ccccc1)OC(C)=O. The van der Waals surface area contributed by atoms with E-state index in [9.17, 15) is 9.59 Å². The van der Waals surface area contributed by atoms with Crippen molar-refractivity contribution in [2.75, 3.05) is 7.11 Å². The number of carbonyl (C=O) groups excluding carboxylic acids is 2. The second kappa shape index (κ2) is 7.06. The minimum absolute atomic E-state index is 0.277. The molecule has 0 saturated heterocycles. The first-order chi connectivity index (χ1) is 8.61. The lowest BCUT2D eigenvalue weighted by Crippen LogP contribution is -1.99. The maximum atomic E-state index is 11.0. The van der Waals surface area contributed by atoms with E-state index in [4.69, 9.17) is 4.74 Å². The predicted molar refractivity (Wildman–Crippen MR) is 67.3 cm³/mol. The lowest BCUT2D eigenvalue weighted by atomic mass is 10.2. The molecule has 0 aliphatic rings. The largest absolute Gasteiger partial charge is 0.466 e. The third-order valence-electron chi connectivity index (χ3n) is 1.95. The van der Waals surface area contributed by atoms with Crippen LogP contribution in [0.25, 0.3) is 6.08 Å². The number of hydrogen-bond donors (Lipinski definition) is 0. The predicted octanol–water partition coefficient (Wildman–Crippen LogP) is 2.32. The average Bonchev–Trinajstić information content (AvgIpc) is 2.36. The fourth-order valence-corrected chi connectivity index (χ4v) is 1.21. The Kier molecular flexibility index (Phi) is 5.38. The van der Waals surface area contributed by atoms with Crippen molar-refractivity contribution in [1.82, 2.24) is 0 Å². The Hall–Kier alpha value is -2.36. The molecule has 0 N–H and O–H groups in total. The summed E-state index contributed by atoms with van der Waals surface area (Å²) in [6.45, 7) is 1.30. The van der Waals surface area contributed by atoms with E-state index in [0.717, 1.165) is 5.56 Å². The fraction of sp³-hybridized carbons (Fsp3) is 0.143. The van der Waals surface area contributed by atoms with Crippen LogP contribution in [-0.2, 0) is 19.1 Å². The Morgan fingerprint density at radius 1 is 1.11 bits per heavy atom. The normalized spacial score (nSPS) is 11.3. The van der Waals surface area contributed by atoms with Gasteiger partial charge in [0.15, 0.2) is 0 Å². The average molecular weight is 246 g/mol. The van der Waals surface area contributed by atoms with E-state index in [1.165, 1.54) is 26.2 Å². The number of benzene rings is 1. The molecule has 1 aromatic carbocycles. The highest BCUT2D eigenvalue weighted by atomic mass is 16.5. The molecule has 1 rings (SSSR count). The molecule has 0 spiro atoms. The van der Waals surface area contributed by atoms with E-state index in [1.54, 1.807) is 6.08 Å². The molecule has 0 bridgehead atoms. The number of ether oxygens (including phenoxy) is 2. The summed E-state index contributed by atoms with van der Waals surface area (Å²) in [4.78, 5) is 21.9. The first kappa shape index (κ1) is 13.7. The van der Waals surface area contributed by atoms with Gasteiger partial charge in [-0.1, -0.05) is 30.3 Å². The van der Waals surface area contributed by atoms with Gasteiger partial charge in [0.25, 0.3) is 0 Å². The standard InChI is InChI=1S/C14H14O4/c1-11(15)18-13(8-9-14(16)17-2)10-12-6-4-3-5-7-12/h3-10H,1-2H3/b9-8+,13-10-. The zero-order valence-electron chi connectivity index (χ0n) is 10.3. The quantitative estimate of drug-likeness (QED) is 0.354. The van der Waals surface area contributed by atoms with E-state index in [0.29, 0.717) is 0 Å². The topological polar surface area (TPSA) is 52.6 Å². The molecular weight excluding hydrogens is 232 g/mol. The summed E-state index contributed by atoms with van der Waals surface area (Å²) in [7, 11) is 1.28. The van der Waals surface area contributed by atoms with Crippen LogP contribution in [0.5, 0.6) is 0 Å². The van der Waals surface area contributed by atoms with Crippen LogP contribution < -0.4 is 0 Å². The first-order valence-corrected chi connectivity index (χ1v) is 5.33. The van der Waals surface area contributed by atoms with Crippen LogP contribution in [0.2, 0.25) is 0 Å². The fourth-order valence-electron chi connectivity index (χ4n) is 1.21. The summed E-state index contributed by atoms with van der Waals surface area (Å²) in [5, 5.41) is 0. The molecule has 0 radical (unpaired) electrons. The second-order valence-corrected chi connectivity index (χ2v) is 3.41. The molecule has 0 aliphatic heterocycles. The van der Waals surface area contributed by atoms with Gasteiger partial charge in [-0.15, -0.1) is 0 Å². The molecule has 0 fully saturated rings. The summed E-state index contributed by atoms with van der Waals surface area (Å²) in [6.07, 6.45) is 4.23. The van der Waals surface area contributed by atoms with Crippen molar-refractivity contribution in [3.05, 3.63) is 53.8 Å². The summed E-state index contributed by atoms with van der Waals surface area (Å²) in [5.74, 6) is -0.688. The summed E-state index contributed by atoms with van der Waals surface area (Å²) >= 11 is 0. The summed E-state index contributed by atoms with van der Waals surface area (Å²) < 4.78 is 9.44. The van der Waals surface area contributed by atoms with Crippen LogP contribution in [0.3, 0.4) is 0 Å². The minimum atomic E-state index is -0.513. The molecular formula is C14H14O4. The second-order valence-electron chi connectivity index (χ2n) is 3.41. The highest BCUT2D eigenvalue weighted by Crippen LogP contribution is 2.09. The van der Waals surface area contributed by atoms with Gasteiger partial charge < -0.3 is 9.47 Å². The van der Waals surface area contributed by atoms with Gasteiger partial charge in [-0.3, -0.25) is 4.79 Å². The molecule has 0 unspecified atom stereocenters. The van der Waals surface area contributed by atoms with Gasteiger partial charge in [-0.05, 0) is 17.7 Å². The van der Waals surface area contributed by atoms with Crippen molar-refractivity contribution in [2.45, 2.75) is 6.92 Å². The zero-order valence-corrected chi connectivity index (χ0v) is 10.3. The van der Waals surface area contributed by atoms with Crippen LogP contribution in [0.4, 0.5) is 0 Å². The molecule has 0 saturated carbocycles. The Labute approximate surface area is 106 Å². The van der Waals surface area contributed by atoms with Crippen LogP contribution >= 0.6 is 0 Å². The monoisotopic (exact) mass is 246 g/mol. The number of methoxy groups -OCH3 is 1. The molecule has 4 nitrogen and oxygen atoms in total. The molecule has 0 aromatic heterocycles. The van der Waals surface area contributed by atoms with Gasteiger partial charge in [0.1, 0.15) is 5.76 Å². The number of rotatable bonds is 4. The molecule has 0 aliphatic carbocycles. The first-order valence-electron chi connectivity index (χ1n) is 5.33. The number of carbonyl (C=O) groups is 2. The summed E-state index contributed by atoms with van der Waals surface area (Å²) in [5.41, 5.74) is 0.864. The molecule has 1 aromatic rings. The molecule has 0 atom stereocenters. The third-order valence-corrected chi connectivity index (χ3v) is 1.95. The maximum Gasteiger partial charge on any atom is 0.330 e. The van der Waals surface area contributed by atoms with Crippen molar-refractivity contribution in [3.63, 3.8) is 0 Å². The van der Waals surface area contributed by atoms with Gasteiger partial charge >= 0.3 is 11.9 Å². The van der Waals surface area contributed by atoms with Crippen molar-refractivity contribution >= 4 is 18.0 Å². The maximum absolute atomic E-state index is 11.0. The Balaban J connectivity index is 2.91. The zero-order chi connectivity index (χ0) is 13.4. The number of allylic oxidation sites excluding steroid dienone is 1. The van der Waals surface area contributed by atoms with E-state index < -0.39 is 11.9 Å². The van der Waals surface area contributed by atoms with Gasteiger partial charge in [0.2, 0.25) is 0 Å². The van der Waals surface area contributed by atoms with E-state index in [1.807, 2.05) is 30.3 Å². The van der Waals surface area contributed by atoms with E-state index >= 15 is 0 Å². The molecule has 0 heterocycles. The lowest BCUT2D eigenvalue weighted by Gasteiger charge is -2.02. The van der Waals surface area contributed by atoms with Crippen LogP contribution in [0.15, 0.2) is 48.2 Å². The van der Waals surface area contributed by atoms with Crippen molar-refractivity contribution < 1.29 is 19.1 Å². The number of esters is 2. The van der Waals surface area contributed by atoms with Crippen molar-refractivity contribution in [2.24, 2.45) is 0 Å². The van der Waals surface area contributed by atoms with E-state index in [-0.39, 0.29) is 5.76 Å². The Morgan fingerprint density at radius 3 is 2.33 bits per heavy atom. The van der Waals surface area contributed by atoms with Crippen LogP contribution in [0, 0.1) is 0 Å². The van der Waals surface area contributed by atoms with Gasteiger partial charge in [0.05, 0.1) is 7.11 Å². The highest BCUT2D eigenvalue weighted by Gasteiger charge is 2.00.